The Labute approximate surface area is 183 Å². The molecule has 10 heteroatoms. The van der Waals surface area contributed by atoms with Gasteiger partial charge in [-0.25, -0.2) is 0 Å². The molecule has 4 rings (SSSR count). The molecule has 154 valence electrons. The SMILES string of the molecule is FC(F)(F)c1ccccc1-n1c(NSCc2ccc(Cl)cc2)nnc1-c1cccs1. The van der Waals surface area contributed by atoms with Crippen molar-refractivity contribution in [2.75, 3.05) is 4.72 Å². The first-order valence-corrected chi connectivity index (χ1v) is 11.0. The number of anilines is 1. The normalized spacial score (nSPS) is 11.6. The average molecular weight is 467 g/mol. The predicted octanol–water partition coefficient (Wildman–Crippen LogP) is 6.93. The Kier molecular flexibility index (Phi) is 6.03. The van der Waals surface area contributed by atoms with Crippen molar-refractivity contribution < 1.29 is 13.2 Å². The van der Waals surface area contributed by atoms with Crippen LogP contribution in [0.1, 0.15) is 11.1 Å². The third-order valence-corrected chi connectivity index (χ3v) is 6.09. The van der Waals surface area contributed by atoms with Gasteiger partial charge < -0.3 is 0 Å². The molecule has 0 atom stereocenters. The molecular formula is C20H14ClF3N4S2. The van der Waals surface area contributed by atoms with Gasteiger partial charge in [0.25, 0.3) is 0 Å². The van der Waals surface area contributed by atoms with E-state index >= 15 is 0 Å². The van der Waals surface area contributed by atoms with Crippen LogP contribution in [0.3, 0.4) is 0 Å². The molecule has 0 bridgehead atoms. The van der Waals surface area contributed by atoms with Crippen LogP contribution >= 0.6 is 34.9 Å². The minimum absolute atomic E-state index is 0.0343. The maximum absolute atomic E-state index is 13.7. The van der Waals surface area contributed by atoms with Crippen molar-refractivity contribution in [1.29, 1.82) is 0 Å². The molecule has 4 aromatic rings. The van der Waals surface area contributed by atoms with E-state index in [1.807, 2.05) is 23.6 Å². The van der Waals surface area contributed by atoms with Crippen LogP contribution < -0.4 is 4.72 Å². The molecule has 4 nitrogen and oxygen atoms in total. The zero-order valence-corrected chi connectivity index (χ0v) is 17.6. The number of hydrogen-bond donors (Lipinski definition) is 1. The van der Waals surface area contributed by atoms with Gasteiger partial charge in [-0.05, 0) is 53.2 Å². The van der Waals surface area contributed by atoms with Crippen molar-refractivity contribution >= 4 is 40.8 Å². The van der Waals surface area contributed by atoms with E-state index in [9.17, 15) is 13.2 Å². The summed E-state index contributed by atoms with van der Waals surface area (Å²) in [5.74, 6) is 1.13. The molecule has 0 spiro atoms. The van der Waals surface area contributed by atoms with Gasteiger partial charge in [0.2, 0.25) is 5.95 Å². The summed E-state index contributed by atoms with van der Waals surface area (Å²) in [6.07, 6.45) is -4.51. The quantitative estimate of drug-likeness (QED) is 0.313. The topological polar surface area (TPSA) is 42.7 Å². The number of nitrogens with zero attached hydrogens (tertiary/aromatic N) is 3. The molecule has 2 aromatic heterocycles. The molecule has 0 radical (unpaired) electrons. The first kappa shape index (κ1) is 20.8. The standard InChI is InChI=1S/C20H14ClF3N4S2/c21-14-9-7-13(8-10-14)12-30-27-19-26-25-18(17-6-3-11-29-17)28(19)16-5-2-1-4-15(16)20(22,23)24/h1-11H,12H2,(H,26,27). The van der Waals surface area contributed by atoms with E-state index in [4.69, 9.17) is 11.6 Å². The molecule has 0 aliphatic rings. The molecule has 1 N–H and O–H groups in total. The molecule has 2 heterocycles. The highest BCUT2D eigenvalue weighted by Gasteiger charge is 2.35. The van der Waals surface area contributed by atoms with Crippen LogP contribution in [-0.4, -0.2) is 14.8 Å². The lowest BCUT2D eigenvalue weighted by atomic mass is 10.1. The lowest BCUT2D eigenvalue weighted by molar-refractivity contribution is -0.137. The van der Waals surface area contributed by atoms with Gasteiger partial charge in [0.05, 0.1) is 16.1 Å². The number of halogens is 4. The van der Waals surface area contributed by atoms with Gasteiger partial charge in [-0.2, -0.15) is 13.2 Å². The summed E-state index contributed by atoms with van der Waals surface area (Å²) in [4.78, 5) is 0.718. The number of nitrogens with one attached hydrogen (secondary N) is 1. The minimum atomic E-state index is -4.51. The van der Waals surface area contributed by atoms with Crippen molar-refractivity contribution in [3.8, 4) is 16.4 Å². The first-order valence-electron chi connectivity index (χ1n) is 8.71. The van der Waals surface area contributed by atoms with E-state index in [1.165, 1.54) is 40.0 Å². The molecule has 0 unspecified atom stereocenters. The number of benzene rings is 2. The summed E-state index contributed by atoms with van der Waals surface area (Å²) in [6, 6.07) is 16.4. The first-order chi connectivity index (χ1) is 14.4. The van der Waals surface area contributed by atoms with Crippen LogP contribution in [0.25, 0.3) is 16.4 Å². The van der Waals surface area contributed by atoms with Crippen LogP contribution in [0.15, 0.2) is 66.0 Å². The van der Waals surface area contributed by atoms with Crippen molar-refractivity contribution in [2.24, 2.45) is 0 Å². The summed E-state index contributed by atoms with van der Waals surface area (Å²) in [5.41, 5.74) is 0.221. The minimum Gasteiger partial charge on any atom is -0.298 e. The summed E-state index contributed by atoms with van der Waals surface area (Å²) in [7, 11) is 0. The van der Waals surface area contributed by atoms with Gasteiger partial charge in [0.1, 0.15) is 0 Å². The fourth-order valence-corrected chi connectivity index (χ4v) is 4.33. The molecule has 0 fully saturated rings. The van der Waals surface area contributed by atoms with Gasteiger partial charge in [-0.3, -0.25) is 9.29 Å². The summed E-state index contributed by atoms with van der Waals surface area (Å²) in [6.45, 7) is 0. The van der Waals surface area contributed by atoms with Crippen molar-refractivity contribution in [1.82, 2.24) is 14.8 Å². The van der Waals surface area contributed by atoms with Crippen LogP contribution in [0.4, 0.5) is 19.1 Å². The maximum atomic E-state index is 13.7. The van der Waals surface area contributed by atoms with Gasteiger partial charge >= 0.3 is 6.18 Å². The monoisotopic (exact) mass is 466 g/mol. The molecular weight excluding hydrogens is 453 g/mol. The van der Waals surface area contributed by atoms with E-state index < -0.39 is 11.7 Å². The highest BCUT2D eigenvalue weighted by Crippen LogP contribution is 2.37. The summed E-state index contributed by atoms with van der Waals surface area (Å²) >= 11 is 8.58. The fraction of sp³-hybridized carbons (Fsp3) is 0.100. The number of rotatable bonds is 6. The second-order valence-electron chi connectivity index (χ2n) is 6.19. The second kappa shape index (κ2) is 8.71. The smallest absolute Gasteiger partial charge is 0.298 e. The molecule has 0 saturated carbocycles. The van der Waals surface area contributed by atoms with E-state index in [0.29, 0.717) is 16.6 Å². The van der Waals surface area contributed by atoms with Gasteiger partial charge in [0, 0.05) is 10.8 Å². The van der Waals surface area contributed by atoms with Gasteiger partial charge in [-0.15, -0.1) is 21.5 Å². The summed E-state index contributed by atoms with van der Waals surface area (Å²) < 4.78 is 45.4. The Hall–Kier alpha value is -2.49. The molecule has 0 aliphatic carbocycles. The Morgan fingerprint density at radius 1 is 1.00 bits per heavy atom. The average Bonchev–Trinajstić information content (AvgIpc) is 3.38. The Morgan fingerprint density at radius 3 is 2.47 bits per heavy atom. The molecule has 0 saturated heterocycles. The van der Waals surface area contributed by atoms with Crippen molar-refractivity contribution in [3.63, 3.8) is 0 Å². The summed E-state index contributed by atoms with van der Waals surface area (Å²) in [5, 5.41) is 10.8. The zero-order chi connectivity index (χ0) is 21.1. The Bertz CT molecular complexity index is 1130. The highest BCUT2D eigenvalue weighted by molar-refractivity contribution is 7.99. The van der Waals surface area contributed by atoms with Crippen LogP contribution in [0.2, 0.25) is 5.02 Å². The predicted molar refractivity (Wildman–Crippen MR) is 116 cm³/mol. The van der Waals surface area contributed by atoms with Crippen LogP contribution in [-0.2, 0) is 11.9 Å². The molecule has 0 aliphatic heterocycles. The lowest BCUT2D eigenvalue weighted by Crippen LogP contribution is -2.12. The molecule has 30 heavy (non-hydrogen) atoms. The van der Waals surface area contributed by atoms with Crippen molar-refractivity contribution in [2.45, 2.75) is 11.9 Å². The number of hydrogen-bond acceptors (Lipinski definition) is 5. The van der Waals surface area contributed by atoms with E-state index in [1.54, 1.807) is 24.3 Å². The van der Waals surface area contributed by atoms with Gasteiger partial charge in [0.15, 0.2) is 5.82 Å². The number of aromatic nitrogens is 3. The van der Waals surface area contributed by atoms with Gasteiger partial charge in [-0.1, -0.05) is 41.9 Å². The third-order valence-electron chi connectivity index (χ3n) is 4.17. The second-order valence-corrected chi connectivity index (χ2v) is 8.36. The number of thiophene rings is 1. The van der Waals surface area contributed by atoms with E-state index in [2.05, 4.69) is 14.9 Å². The number of alkyl halides is 3. The molecule has 0 amide bonds. The Balaban J connectivity index is 1.70. The fourth-order valence-electron chi connectivity index (χ4n) is 2.82. The molecule has 2 aromatic carbocycles. The maximum Gasteiger partial charge on any atom is 0.418 e. The Morgan fingerprint density at radius 2 is 1.77 bits per heavy atom. The number of para-hydroxylation sites is 1. The van der Waals surface area contributed by atoms with Crippen LogP contribution in [0, 0.1) is 0 Å². The lowest BCUT2D eigenvalue weighted by Gasteiger charge is -2.16. The highest BCUT2D eigenvalue weighted by atomic mass is 35.5. The van der Waals surface area contributed by atoms with E-state index in [-0.39, 0.29) is 11.6 Å². The van der Waals surface area contributed by atoms with E-state index in [0.717, 1.165) is 16.5 Å². The third kappa shape index (κ3) is 4.48. The van der Waals surface area contributed by atoms with Crippen LogP contribution in [0.5, 0.6) is 0 Å². The zero-order valence-electron chi connectivity index (χ0n) is 15.2. The largest absolute Gasteiger partial charge is 0.418 e. The van der Waals surface area contributed by atoms with Crippen molar-refractivity contribution in [3.05, 3.63) is 82.2 Å².